The number of aliphatic hydroxyl groups excluding tert-OH is 1. The highest BCUT2D eigenvalue weighted by molar-refractivity contribution is 5.94. The number of aliphatic hydroxyl groups is 1. The Morgan fingerprint density at radius 2 is 1.85 bits per heavy atom. The topological polar surface area (TPSA) is 203 Å². The molecular formula is C23H27N7O4. The van der Waals surface area contributed by atoms with Gasteiger partial charge in [0.2, 0.25) is 5.91 Å². The summed E-state index contributed by atoms with van der Waals surface area (Å²) in [5.74, 6) is -0.682. The molecule has 3 aromatic rings. The molecule has 0 saturated carbocycles. The zero-order valence-electron chi connectivity index (χ0n) is 18.6. The fraction of sp³-hybridized carbons (Fsp3) is 0.174. The molecule has 2 aromatic carbocycles. The van der Waals surface area contributed by atoms with Gasteiger partial charge < -0.3 is 32.4 Å². The van der Waals surface area contributed by atoms with E-state index < -0.39 is 17.6 Å². The first-order valence-corrected chi connectivity index (χ1v) is 10.1. The predicted molar refractivity (Wildman–Crippen MR) is 130 cm³/mol. The monoisotopic (exact) mass is 465 g/mol. The number of aromatic nitrogens is 2. The minimum absolute atomic E-state index is 0.0388. The van der Waals surface area contributed by atoms with Gasteiger partial charge in [-0.05, 0) is 36.2 Å². The molecule has 178 valence electrons. The average Bonchev–Trinajstić information content (AvgIpc) is 2.82. The zero-order chi connectivity index (χ0) is 25.4. The molecule has 0 fully saturated rings. The number of carbonyl (C=O) groups excluding carboxylic acids is 2. The van der Waals surface area contributed by atoms with E-state index >= 15 is 0 Å². The highest BCUT2D eigenvalue weighted by Gasteiger charge is 2.15. The Balaban J connectivity index is 0.00000199. The van der Waals surface area contributed by atoms with Crippen molar-refractivity contribution in [1.29, 1.82) is 5.41 Å². The number of amidine groups is 1. The van der Waals surface area contributed by atoms with Crippen LogP contribution >= 0.6 is 0 Å². The first kappa shape index (κ1) is 25.7. The quantitative estimate of drug-likeness (QED) is 0.165. The van der Waals surface area contributed by atoms with E-state index in [4.69, 9.17) is 27.4 Å². The van der Waals surface area contributed by atoms with Gasteiger partial charge in [0.15, 0.2) is 5.82 Å². The van der Waals surface area contributed by atoms with E-state index in [1.807, 2.05) is 6.79 Å². The van der Waals surface area contributed by atoms with Crippen molar-refractivity contribution in [2.75, 3.05) is 11.5 Å². The number of nitrogens with one attached hydrogen (secondary N) is 2. The van der Waals surface area contributed by atoms with Crippen LogP contribution in [0.2, 0.25) is 0 Å². The maximum Gasteiger partial charge on any atom is 0.294 e. The van der Waals surface area contributed by atoms with E-state index in [0.29, 0.717) is 28.1 Å². The molecular weight excluding hydrogens is 438 g/mol. The Hall–Kier alpha value is -4.51. The summed E-state index contributed by atoms with van der Waals surface area (Å²) < 4.78 is 1.22. The van der Waals surface area contributed by atoms with Crippen LogP contribution in [0, 0.1) is 5.41 Å². The number of carbonyl (C=O) groups is 2. The number of amides is 1. The molecule has 0 aliphatic rings. The number of nitrogen functional groups attached to an aromatic ring is 3. The standard InChI is InChI=1S/C22H25N7O3.CH2O/c1-12(30)15-6-16(8-17(23)7-15)18-10-28-21(26)22(32)29(18)11-19(31)27-9-13-2-4-14(5-3-13)20(24)25;1-2/h2-8,10,12,30H,9,11,23H2,1H3,(H3,24,25)(H2,26,28)(H,27,31);1H2. The lowest BCUT2D eigenvalue weighted by Crippen LogP contribution is -2.34. The summed E-state index contributed by atoms with van der Waals surface area (Å²) >= 11 is 0. The van der Waals surface area contributed by atoms with E-state index in [1.54, 1.807) is 49.4 Å². The number of nitrogens with zero attached hydrogens (tertiary/aromatic N) is 2. The summed E-state index contributed by atoms with van der Waals surface area (Å²) in [5, 5.41) is 20.1. The molecule has 11 nitrogen and oxygen atoms in total. The van der Waals surface area contributed by atoms with Crippen LogP contribution in [0.1, 0.15) is 29.7 Å². The van der Waals surface area contributed by atoms with Gasteiger partial charge in [-0.3, -0.25) is 19.6 Å². The van der Waals surface area contributed by atoms with Gasteiger partial charge in [0.05, 0.1) is 18.0 Å². The van der Waals surface area contributed by atoms with Crippen molar-refractivity contribution in [2.24, 2.45) is 5.73 Å². The fourth-order valence-electron chi connectivity index (χ4n) is 3.16. The zero-order valence-corrected chi connectivity index (χ0v) is 18.6. The van der Waals surface area contributed by atoms with E-state index in [2.05, 4.69) is 10.3 Å². The van der Waals surface area contributed by atoms with E-state index in [9.17, 15) is 14.7 Å². The van der Waals surface area contributed by atoms with Crippen molar-refractivity contribution < 1.29 is 14.7 Å². The molecule has 1 aromatic heterocycles. The highest BCUT2D eigenvalue weighted by atomic mass is 16.3. The van der Waals surface area contributed by atoms with Crippen LogP contribution in [0.3, 0.4) is 0 Å². The second-order valence-electron chi connectivity index (χ2n) is 7.37. The van der Waals surface area contributed by atoms with Gasteiger partial charge in [-0.1, -0.05) is 24.3 Å². The van der Waals surface area contributed by atoms with Gasteiger partial charge in [0.1, 0.15) is 19.2 Å². The summed E-state index contributed by atoms with van der Waals surface area (Å²) in [4.78, 5) is 37.2. The summed E-state index contributed by atoms with van der Waals surface area (Å²) in [5.41, 5.74) is 19.7. The molecule has 9 N–H and O–H groups in total. The lowest BCUT2D eigenvalue weighted by molar-refractivity contribution is -0.121. The van der Waals surface area contributed by atoms with Crippen LogP contribution in [0.25, 0.3) is 11.3 Å². The molecule has 0 saturated heterocycles. The number of benzene rings is 2. The van der Waals surface area contributed by atoms with Crippen molar-refractivity contribution in [3.63, 3.8) is 0 Å². The molecule has 1 atom stereocenters. The van der Waals surface area contributed by atoms with Crippen LogP contribution in [-0.2, 0) is 22.7 Å². The van der Waals surface area contributed by atoms with Crippen molar-refractivity contribution in [1.82, 2.24) is 14.9 Å². The third-order valence-electron chi connectivity index (χ3n) is 4.89. The number of hydrogen-bond donors (Lipinski definition) is 6. The van der Waals surface area contributed by atoms with Crippen molar-refractivity contribution >= 4 is 30.0 Å². The molecule has 1 unspecified atom stereocenters. The molecule has 0 aliphatic carbocycles. The lowest BCUT2D eigenvalue weighted by Gasteiger charge is -2.15. The van der Waals surface area contributed by atoms with E-state index in [-0.39, 0.29) is 24.7 Å². The SMILES string of the molecule is C=O.CC(O)c1cc(N)cc(-c2cnc(N)c(=O)n2CC(=O)NCc2ccc(C(=N)N)cc2)c1. The van der Waals surface area contributed by atoms with Gasteiger partial charge in [0.25, 0.3) is 5.56 Å². The Morgan fingerprint density at radius 3 is 2.44 bits per heavy atom. The maximum absolute atomic E-state index is 12.7. The molecule has 0 bridgehead atoms. The first-order valence-electron chi connectivity index (χ1n) is 10.1. The fourth-order valence-corrected chi connectivity index (χ4v) is 3.16. The first-order chi connectivity index (χ1) is 16.2. The smallest absolute Gasteiger partial charge is 0.294 e. The molecule has 34 heavy (non-hydrogen) atoms. The minimum Gasteiger partial charge on any atom is -0.399 e. The van der Waals surface area contributed by atoms with Gasteiger partial charge in [-0.25, -0.2) is 4.98 Å². The van der Waals surface area contributed by atoms with E-state index in [0.717, 1.165) is 5.56 Å². The third-order valence-corrected chi connectivity index (χ3v) is 4.89. The predicted octanol–water partition coefficient (Wildman–Crippen LogP) is 0.544. The van der Waals surface area contributed by atoms with Gasteiger partial charge >= 0.3 is 0 Å². The summed E-state index contributed by atoms with van der Waals surface area (Å²) in [6, 6.07) is 11.8. The molecule has 0 aliphatic heterocycles. The molecule has 0 radical (unpaired) electrons. The van der Waals surface area contributed by atoms with Crippen LogP contribution < -0.4 is 28.1 Å². The Labute approximate surface area is 195 Å². The number of nitrogens with two attached hydrogens (primary N) is 3. The number of rotatable bonds is 7. The number of anilines is 2. The number of hydrogen-bond acceptors (Lipinski definition) is 8. The summed E-state index contributed by atoms with van der Waals surface area (Å²) in [7, 11) is 0. The van der Waals surface area contributed by atoms with Crippen molar-refractivity contribution in [2.45, 2.75) is 26.1 Å². The molecule has 1 amide bonds. The highest BCUT2D eigenvalue weighted by Crippen LogP contribution is 2.26. The summed E-state index contributed by atoms with van der Waals surface area (Å²) in [6.07, 6.45) is 0.627. The molecule has 1 heterocycles. The lowest BCUT2D eigenvalue weighted by atomic mass is 10.0. The van der Waals surface area contributed by atoms with Crippen LogP contribution in [0.5, 0.6) is 0 Å². The Kier molecular flexibility index (Phi) is 8.62. The molecule has 3 rings (SSSR count). The second kappa shape index (κ2) is 11.4. The second-order valence-corrected chi connectivity index (χ2v) is 7.37. The Morgan fingerprint density at radius 1 is 1.21 bits per heavy atom. The van der Waals surface area contributed by atoms with Gasteiger partial charge in [0, 0.05) is 23.4 Å². The van der Waals surface area contributed by atoms with Crippen molar-refractivity contribution in [3.8, 4) is 11.3 Å². The maximum atomic E-state index is 12.7. The normalized spacial score (nSPS) is 11.1. The molecule has 11 heteroatoms. The third kappa shape index (κ3) is 6.26. The van der Waals surface area contributed by atoms with Crippen LogP contribution in [0.4, 0.5) is 11.5 Å². The average molecular weight is 466 g/mol. The Bertz CT molecular complexity index is 1240. The van der Waals surface area contributed by atoms with Crippen LogP contribution in [0.15, 0.2) is 53.5 Å². The van der Waals surface area contributed by atoms with E-state index in [1.165, 1.54) is 10.8 Å². The summed E-state index contributed by atoms with van der Waals surface area (Å²) in [6.45, 7) is 3.54. The van der Waals surface area contributed by atoms with Gasteiger partial charge in [-0.2, -0.15) is 0 Å². The van der Waals surface area contributed by atoms with Crippen molar-refractivity contribution in [3.05, 3.63) is 75.7 Å². The largest absolute Gasteiger partial charge is 0.399 e. The van der Waals surface area contributed by atoms with Gasteiger partial charge in [-0.15, -0.1) is 0 Å². The van der Waals surface area contributed by atoms with Crippen LogP contribution in [-0.4, -0.2) is 33.2 Å². The minimum atomic E-state index is -0.767. The molecule has 0 spiro atoms.